The lowest BCUT2D eigenvalue weighted by Crippen LogP contribution is -2.41. The van der Waals surface area contributed by atoms with Crippen LogP contribution in [-0.2, 0) is 4.79 Å². The summed E-state index contributed by atoms with van der Waals surface area (Å²) in [6.45, 7) is 1.11. The quantitative estimate of drug-likeness (QED) is 0.753. The maximum absolute atomic E-state index is 12.6. The molecule has 2 amide bonds. The van der Waals surface area contributed by atoms with Gasteiger partial charge in [-0.05, 0) is 49.2 Å². The zero-order chi connectivity index (χ0) is 19.3. The summed E-state index contributed by atoms with van der Waals surface area (Å²) in [5.41, 5.74) is 2.05. The van der Waals surface area contributed by atoms with E-state index in [0.717, 1.165) is 11.4 Å². The Balaban J connectivity index is 1.31. The highest BCUT2D eigenvalue weighted by Gasteiger charge is 2.28. The van der Waals surface area contributed by atoms with Gasteiger partial charge in [-0.15, -0.1) is 0 Å². The summed E-state index contributed by atoms with van der Waals surface area (Å²) in [6.07, 6.45) is 5.98. The average molecular weight is 376 g/mol. The fourth-order valence-electron chi connectivity index (χ4n) is 3.28. The lowest BCUT2D eigenvalue weighted by atomic mass is 9.95. The van der Waals surface area contributed by atoms with Gasteiger partial charge in [-0.25, -0.2) is 9.67 Å². The third kappa shape index (κ3) is 3.90. The summed E-state index contributed by atoms with van der Waals surface area (Å²) in [4.78, 5) is 34.8. The van der Waals surface area contributed by atoms with Gasteiger partial charge in [-0.1, -0.05) is 6.07 Å². The van der Waals surface area contributed by atoms with E-state index in [-0.39, 0.29) is 17.7 Å². The molecular weight excluding hydrogens is 356 g/mol. The number of nitrogens with one attached hydrogen (secondary N) is 1. The first kappa shape index (κ1) is 17.8. The largest absolute Gasteiger partial charge is 0.337 e. The Kier molecular flexibility index (Phi) is 5.09. The summed E-state index contributed by atoms with van der Waals surface area (Å²) < 4.78 is 1.65. The molecule has 142 valence electrons. The Labute approximate surface area is 162 Å². The molecule has 0 aliphatic carbocycles. The maximum atomic E-state index is 12.6. The highest BCUT2D eigenvalue weighted by atomic mass is 16.2. The molecule has 1 N–H and O–H groups in total. The van der Waals surface area contributed by atoms with E-state index >= 15 is 0 Å². The zero-order valence-corrected chi connectivity index (χ0v) is 15.2. The van der Waals surface area contributed by atoms with Gasteiger partial charge in [0.15, 0.2) is 0 Å². The topological polar surface area (TPSA) is 93.0 Å². The van der Waals surface area contributed by atoms with Gasteiger partial charge < -0.3 is 10.2 Å². The molecule has 1 saturated heterocycles. The summed E-state index contributed by atoms with van der Waals surface area (Å²) in [6, 6.07) is 12.7. The molecule has 3 aromatic rings. The molecule has 0 spiro atoms. The van der Waals surface area contributed by atoms with Crippen LogP contribution in [0.4, 0.5) is 5.69 Å². The van der Waals surface area contributed by atoms with Gasteiger partial charge in [0.05, 0.1) is 5.69 Å². The lowest BCUT2D eigenvalue weighted by molar-refractivity contribution is -0.121. The summed E-state index contributed by atoms with van der Waals surface area (Å²) >= 11 is 0. The van der Waals surface area contributed by atoms with Crippen molar-refractivity contribution in [2.75, 3.05) is 18.4 Å². The van der Waals surface area contributed by atoms with Crippen LogP contribution < -0.4 is 5.32 Å². The number of carbonyl (C=O) groups is 2. The summed E-state index contributed by atoms with van der Waals surface area (Å²) in [5, 5.41) is 7.04. The molecule has 1 aromatic carbocycles. The molecule has 1 aliphatic rings. The maximum Gasteiger partial charge on any atom is 0.272 e. The van der Waals surface area contributed by atoms with Crippen LogP contribution in [0.15, 0.2) is 61.3 Å². The number of hydrogen-bond donors (Lipinski definition) is 1. The van der Waals surface area contributed by atoms with Gasteiger partial charge in [0.25, 0.3) is 5.91 Å². The van der Waals surface area contributed by atoms with E-state index in [1.54, 1.807) is 40.3 Å². The SMILES string of the molecule is O=C(Nc1ccc(-n2cncn2)cc1)C1CCN(C(=O)c2ccccn2)CC1. The molecule has 8 nitrogen and oxygen atoms in total. The molecule has 4 rings (SSSR count). The van der Waals surface area contributed by atoms with Crippen molar-refractivity contribution in [3.8, 4) is 5.69 Å². The van der Waals surface area contributed by atoms with Crippen LogP contribution in [0.1, 0.15) is 23.3 Å². The van der Waals surface area contributed by atoms with Crippen molar-refractivity contribution in [3.05, 3.63) is 67.0 Å². The van der Waals surface area contributed by atoms with Gasteiger partial charge >= 0.3 is 0 Å². The Hall–Kier alpha value is -3.55. The number of hydrogen-bond acceptors (Lipinski definition) is 5. The normalized spacial score (nSPS) is 14.6. The number of pyridine rings is 1. The second kappa shape index (κ2) is 7.99. The molecule has 28 heavy (non-hydrogen) atoms. The van der Waals surface area contributed by atoms with Crippen LogP contribution in [0.5, 0.6) is 0 Å². The second-order valence-corrected chi connectivity index (χ2v) is 6.66. The van der Waals surface area contributed by atoms with Crippen LogP contribution in [0.3, 0.4) is 0 Å². The van der Waals surface area contributed by atoms with Crippen molar-refractivity contribution in [1.29, 1.82) is 0 Å². The van der Waals surface area contributed by atoms with E-state index < -0.39 is 0 Å². The van der Waals surface area contributed by atoms with Crippen LogP contribution in [-0.4, -0.2) is 49.6 Å². The van der Waals surface area contributed by atoms with Crippen molar-refractivity contribution in [2.24, 2.45) is 5.92 Å². The van der Waals surface area contributed by atoms with Crippen molar-refractivity contribution < 1.29 is 9.59 Å². The first-order valence-corrected chi connectivity index (χ1v) is 9.17. The minimum absolute atomic E-state index is 0.0153. The van der Waals surface area contributed by atoms with Crippen LogP contribution in [0, 0.1) is 5.92 Å². The van der Waals surface area contributed by atoms with E-state index in [2.05, 4.69) is 20.4 Å². The first-order chi connectivity index (χ1) is 13.7. The molecule has 1 fully saturated rings. The molecular formula is C20H20N6O2. The summed E-state index contributed by atoms with van der Waals surface area (Å²) in [7, 11) is 0. The highest BCUT2D eigenvalue weighted by molar-refractivity contribution is 5.94. The number of amides is 2. The Bertz CT molecular complexity index is 933. The van der Waals surface area contributed by atoms with Crippen LogP contribution in [0.25, 0.3) is 5.69 Å². The van der Waals surface area contributed by atoms with Gasteiger partial charge in [-0.2, -0.15) is 5.10 Å². The molecule has 1 aliphatic heterocycles. The van der Waals surface area contributed by atoms with Crippen LogP contribution in [0.2, 0.25) is 0 Å². The van der Waals surface area contributed by atoms with Crippen molar-refractivity contribution in [3.63, 3.8) is 0 Å². The number of anilines is 1. The smallest absolute Gasteiger partial charge is 0.272 e. The van der Waals surface area contributed by atoms with E-state index in [1.807, 2.05) is 24.3 Å². The number of piperidine rings is 1. The van der Waals surface area contributed by atoms with E-state index in [1.165, 1.54) is 6.33 Å². The van der Waals surface area contributed by atoms with Crippen molar-refractivity contribution in [1.82, 2.24) is 24.6 Å². The van der Waals surface area contributed by atoms with E-state index in [9.17, 15) is 9.59 Å². The fourth-order valence-corrected chi connectivity index (χ4v) is 3.28. The first-order valence-electron chi connectivity index (χ1n) is 9.17. The summed E-state index contributed by atoms with van der Waals surface area (Å²) in [5.74, 6) is -0.204. The van der Waals surface area contributed by atoms with Gasteiger partial charge in [-0.3, -0.25) is 14.6 Å². The second-order valence-electron chi connectivity index (χ2n) is 6.66. The van der Waals surface area contributed by atoms with E-state index in [4.69, 9.17) is 0 Å². The third-order valence-electron chi connectivity index (χ3n) is 4.86. The van der Waals surface area contributed by atoms with Gasteiger partial charge in [0, 0.05) is 30.9 Å². The van der Waals surface area contributed by atoms with Gasteiger partial charge in [0.2, 0.25) is 5.91 Å². The third-order valence-corrected chi connectivity index (χ3v) is 4.86. The molecule has 2 aromatic heterocycles. The monoisotopic (exact) mass is 376 g/mol. The molecule has 0 radical (unpaired) electrons. The minimum atomic E-state index is -0.109. The Morgan fingerprint density at radius 2 is 1.82 bits per heavy atom. The van der Waals surface area contributed by atoms with E-state index in [0.29, 0.717) is 31.6 Å². The zero-order valence-electron chi connectivity index (χ0n) is 15.2. The molecule has 0 unspecified atom stereocenters. The molecule has 0 bridgehead atoms. The van der Waals surface area contributed by atoms with Crippen molar-refractivity contribution in [2.45, 2.75) is 12.8 Å². The van der Waals surface area contributed by atoms with Crippen LogP contribution >= 0.6 is 0 Å². The minimum Gasteiger partial charge on any atom is -0.337 e. The number of rotatable bonds is 4. The predicted octanol–water partition coefficient (Wildman–Crippen LogP) is 2.15. The Morgan fingerprint density at radius 3 is 2.46 bits per heavy atom. The number of carbonyl (C=O) groups excluding carboxylic acids is 2. The standard InChI is InChI=1S/C20H20N6O2/c27-19(24-16-4-6-17(7-5-16)26-14-21-13-23-26)15-8-11-25(12-9-15)20(28)18-3-1-2-10-22-18/h1-7,10,13-15H,8-9,11-12H2,(H,24,27). The fraction of sp³-hybridized carbons (Fsp3) is 0.250. The Morgan fingerprint density at radius 1 is 1.04 bits per heavy atom. The highest BCUT2D eigenvalue weighted by Crippen LogP contribution is 2.21. The molecule has 0 saturated carbocycles. The van der Waals surface area contributed by atoms with Crippen molar-refractivity contribution >= 4 is 17.5 Å². The number of benzene rings is 1. The molecule has 3 heterocycles. The number of likely N-dealkylation sites (tertiary alicyclic amines) is 1. The average Bonchev–Trinajstić information content (AvgIpc) is 3.29. The number of aromatic nitrogens is 4. The molecule has 8 heteroatoms. The van der Waals surface area contributed by atoms with Gasteiger partial charge in [0.1, 0.15) is 18.3 Å². The predicted molar refractivity (Wildman–Crippen MR) is 103 cm³/mol. The number of nitrogens with zero attached hydrogens (tertiary/aromatic N) is 5. The molecule has 0 atom stereocenters. The lowest BCUT2D eigenvalue weighted by Gasteiger charge is -2.31.